The van der Waals surface area contributed by atoms with E-state index in [1.165, 1.54) is 0 Å². The monoisotopic (exact) mass is 395 g/mol. The number of likely N-dealkylation sites (tertiary alicyclic amines) is 1. The SMILES string of the molecule is [2H]C1([2H])CC(C(C)(C)C)CC([2H])([2H])N1CC#Cc1cc(C(F)(F)F)cc(C(F)(F)F)c1. The van der Waals surface area contributed by atoms with Crippen LogP contribution in [0.2, 0.25) is 0 Å². The average Bonchev–Trinajstić information content (AvgIpc) is 2.53. The molecule has 7 heteroatoms. The van der Waals surface area contributed by atoms with Crippen molar-refractivity contribution in [2.45, 2.75) is 46.0 Å². The molecule has 0 unspecified atom stereocenters. The fourth-order valence-corrected chi connectivity index (χ4v) is 2.54. The van der Waals surface area contributed by atoms with Crippen LogP contribution < -0.4 is 0 Å². The van der Waals surface area contributed by atoms with Gasteiger partial charge in [-0.15, -0.1) is 0 Å². The molecule has 0 radical (unpaired) electrons. The average molecular weight is 395 g/mol. The number of halogens is 6. The van der Waals surface area contributed by atoms with E-state index in [-0.39, 0.29) is 30.2 Å². The van der Waals surface area contributed by atoms with Crippen molar-refractivity contribution in [3.8, 4) is 11.8 Å². The van der Waals surface area contributed by atoms with E-state index < -0.39 is 48.6 Å². The molecule has 0 aromatic heterocycles. The maximum atomic E-state index is 13.0. The molecular weight excluding hydrogens is 368 g/mol. The summed E-state index contributed by atoms with van der Waals surface area (Å²) in [6.07, 6.45) is -9.94. The fourth-order valence-electron chi connectivity index (χ4n) is 2.54. The zero-order valence-corrected chi connectivity index (χ0v) is 15.1. The molecule has 2 rings (SSSR count). The molecule has 1 aliphatic rings. The van der Waals surface area contributed by atoms with Crippen LogP contribution in [-0.4, -0.2) is 24.4 Å². The minimum Gasteiger partial charge on any atom is -0.292 e. The lowest BCUT2D eigenvalue weighted by molar-refractivity contribution is -0.143. The predicted molar refractivity (Wildman–Crippen MR) is 91.9 cm³/mol. The molecule has 27 heavy (non-hydrogen) atoms. The van der Waals surface area contributed by atoms with E-state index in [1.54, 1.807) is 0 Å². The lowest BCUT2D eigenvalue weighted by atomic mass is 9.75. The molecule has 1 aromatic carbocycles. The van der Waals surface area contributed by atoms with Crippen molar-refractivity contribution in [3.05, 3.63) is 34.9 Å². The first-order valence-electron chi connectivity index (χ1n) is 10.3. The van der Waals surface area contributed by atoms with Gasteiger partial charge >= 0.3 is 12.4 Å². The van der Waals surface area contributed by atoms with E-state index in [2.05, 4.69) is 11.8 Å². The third-order valence-electron chi connectivity index (χ3n) is 4.34. The van der Waals surface area contributed by atoms with Gasteiger partial charge in [-0.1, -0.05) is 32.6 Å². The molecule has 1 aliphatic heterocycles. The van der Waals surface area contributed by atoms with Crippen LogP contribution in [0.5, 0.6) is 0 Å². The molecule has 0 atom stereocenters. The van der Waals surface area contributed by atoms with Gasteiger partial charge in [0.2, 0.25) is 0 Å². The fraction of sp³-hybridized carbons (Fsp3) is 0.600. The van der Waals surface area contributed by atoms with E-state index in [4.69, 9.17) is 5.48 Å². The molecule has 1 saturated heterocycles. The molecule has 0 N–H and O–H groups in total. The van der Waals surface area contributed by atoms with Crippen LogP contribution in [0.3, 0.4) is 0 Å². The Labute approximate surface area is 161 Å². The second-order valence-electron chi connectivity index (χ2n) is 7.47. The van der Waals surface area contributed by atoms with Gasteiger partial charge in [0.1, 0.15) is 0 Å². The number of benzene rings is 1. The topological polar surface area (TPSA) is 3.24 Å². The standard InChI is InChI=1S/C20H23F6N/c1-18(2,3)15-6-9-27(10-7-15)8-4-5-14-11-16(19(21,22)23)13-17(12-14)20(24,25)26/h11-13,15H,6-10H2,1-3H3/i9D2,10D2. The Balaban J connectivity index is 2.35. The van der Waals surface area contributed by atoms with E-state index in [0.29, 0.717) is 12.1 Å². The Morgan fingerprint density at radius 1 is 0.963 bits per heavy atom. The Kier molecular flexibility index (Phi) is 4.67. The maximum Gasteiger partial charge on any atom is 0.416 e. The Morgan fingerprint density at radius 3 is 1.85 bits per heavy atom. The van der Waals surface area contributed by atoms with Crippen molar-refractivity contribution in [1.82, 2.24) is 4.90 Å². The summed E-state index contributed by atoms with van der Waals surface area (Å²) in [5.74, 6) is 4.30. The highest BCUT2D eigenvalue weighted by Gasteiger charge is 2.36. The van der Waals surface area contributed by atoms with Gasteiger partial charge in [0.05, 0.1) is 17.7 Å². The van der Waals surface area contributed by atoms with Crippen LogP contribution in [0.1, 0.15) is 55.8 Å². The molecule has 0 spiro atoms. The van der Waals surface area contributed by atoms with E-state index in [9.17, 15) is 26.3 Å². The van der Waals surface area contributed by atoms with Crippen LogP contribution in [0, 0.1) is 23.2 Å². The molecule has 0 aliphatic carbocycles. The zero-order valence-electron chi connectivity index (χ0n) is 19.1. The first-order valence-corrected chi connectivity index (χ1v) is 8.30. The number of alkyl halides is 6. The van der Waals surface area contributed by atoms with Crippen molar-refractivity contribution in [1.29, 1.82) is 0 Å². The molecule has 1 heterocycles. The number of piperidine rings is 1. The lowest BCUT2D eigenvalue weighted by Gasteiger charge is -2.38. The third kappa shape index (κ3) is 6.17. The van der Waals surface area contributed by atoms with Crippen molar-refractivity contribution in [2.75, 3.05) is 19.5 Å². The molecule has 1 fully saturated rings. The highest BCUT2D eigenvalue weighted by molar-refractivity contribution is 5.42. The van der Waals surface area contributed by atoms with Crippen LogP contribution in [-0.2, 0) is 12.4 Å². The van der Waals surface area contributed by atoms with Gasteiger partial charge in [-0.3, -0.25) is 4.90 Å². The van der Waals surface area contributed by atoms with Gasteiger partial charge in [0.25, 0.3) is 0 Å². The largest absolute Gasteiger partial charge is 0.416 e. The van der Waals surface area contributed by atoms with Gasteiger partial charge in [-0.25, -0.2) is 0 Å². The van der Waals surface area contributed by atoms with Gasteiger partial charge < -0.3 is 0 Å². The summed E-state index contributed by atoms with van der Waals surface area (Å²) >= 11 is 0. The van der Waals surface area contributed by atoms with Crippen LogP contribution in [0.25, 0.3) is 0 Å². The minimum atomic E-state index is -5.00. The van der Waals surface area contributed by atoms with E-state index >= 15 is 0 Å². The third-order valence-corrected chi connectivity index (χ3v) is 4.34. The van der Waals surface area contributed by atoms with E-state index in [0.717, 1.165) is 4.90 Å². The summed E-state index contributed by atoms with van der Waals surface area (Å²) in [6, 6.07) is 0.967. The number of hydrogen-bond acceptors (Lipinski definition) is 1. The number of rotatable bonds is 1. The maximum absolute atomic E-state index is 13.0. The predicted octanol–water partition coefficient (Wildman–Crippen LogP) is 5.83. The Bertz CT molecular complexity index is 825. The minimum absolute atomic E-state index is 0.000282. The van der Waals surface area contributed by atoms with Gasteiger partial charge in [-0.2, -0.15) is 26.3 Å². The molecule has 150 valence electrons. The molecule has 0 bridgehead atoms. The van der Waals surface area contributed by atoms with Crippen molar-refractivity contribution >= 4 is 0 Å². The molecule has 0 amide bonds. The molecule has 1 nitrogen and oxygen atoms in total. The quantitative estimate of drug-likeness (QED) is 0.427. The van der Waals surface area contributed by atoms with Crippen molar-refractivity contribution in [3.63, 3.8) is 0 Å². The molecule has 1 aromatic rings. The van der Waals surface area contributed by atoms with Crippen LogP contribution in [0.4, 0.5) is 26.3 Å². The van der Waals surface area contributed by atoms with Gasteiger partial charge in [-0.05, 0) is 55.4 Å². The number of nitrogens with zero attached hydrogens (tertiary/aromatic N) is 1. The Hall–Kier alpha value is -1.68. The lowest BCUT2D eigenvalue weighted by Crippen LogP contribution is -2.38. The van der Waals surface area contributed by atoms with Crippen molar-refractivity contribution < 1.29 is 31.8 Å². The summed E-state index contributed by atoms with van der Waals surface area (Å²) in [4.78, 5) is 0.869. The van der Waals surface area contributed by atoms with Gasteiger partial charge in [0.15, 0.2) is 0 Å². The second-order valence-corrected chi connectivity index (χ2v) is 7.47. The highest BCUT2D eigenvalue weighted by Crippen LogP contribution is 2.36. The normalized spacial score (nSPS) is 23.4. The summed E-state index contributed by atoms with van der Waals surface area (Å²) in [5.41, 5.74) is -3.87. The van der Waals surface area contributed by atoms with Crippen molar-refractivity contribution in [2.24, 2.45) is 11.3 Å². The summed E-state index contributed by atoms with van der Waals surface area (Å²) in [7, 11) is 0. The first kappa shape index (κ1) is 16.3. The second kappa shape index (κ2) is 7.75. The molecular formula is C20H23F6N. The summed E-state index contributed by atoms with van der Waals surface area (Å²) < 4.78 is 111. The van der Waals surface area contributed by atoms with Crippen LogP contribution >= 0.6 is 0 Å². The van der Waals surface area contributed by atoms with E-state index in [1.807, 2.05) is 20.8 Å². The Morgan fingerprint density at radius 2 is 1.44 bits per heavy atom. The highest BCUT2D eigenvalue weighted by atomic mass is 19.4. The van der Waals surface area contributed by atoms with Gasteiger partial charge in [0, 0.05) is 11.0 Å². The number of hydrogen-bond donors (Lipinski definition) is 0. The summed E-state index contributed by atoms with van der Waals surface area (Å²) in [5, 5.41) is 0. The molecule has 0 saturated carbocycles. The summed E-state index contributed by atoms with van der Waals surface area (Å²) in [6.45, 7) is 0.981. The zero-order chi connectivity index (χ0) is 24.0. The van der Waals surface area contributed by atoms with Crippen LogP contribution in [0.15, 0.2) is 18.2 Å². The first-order chi connectivity index (χ1) is 13.7. The smallest absolute Gasteiger partial charge is 0.292 e.